The van der Waals surface area contributed by atoms with Gasteiger partial charge < -0.3 is 19.3 Å². The molecule has 0 unspecified atom stereocenters. The number of aliphatic hydroxyl groups excluding tert-OH is 1. The van der Waals surface area contributed by atoms with Crippen molar-refractivity contribution in [3.8, 4) is 11.5 Å². The van der Waals surface area contributed by atoms with Gasteiger partial charge in [0.05, 0.1) is 0 Å². The largest absolute Gasteiger partial charge is 0.476 e. The Morgan fingerprint density at radius 3 is 3.11 bits per heavy atom. The van der Waals surface area contributed by atoms with Crippen molar-refractivity contribution in [3.05, 3.63) is 47.0 Å². The molecule has 18 heavy (non-hydrogen) atoms. The van der Waals surface area contributed by atoms with Gasteiger partial charge in [0.2, 0.25) is 12.2 Å². The average Bonchev–Trinajstić information content (AvgIpc) is 2.82. The molecule has 0 aromatic heterocycles. The van der Waals surface area contributed by atoms with Crippen LogP contribution in [-0.2, 0) is 4.74 Å². The van der Waals surface area contributed by atoms with Crippen LogP contribution in [0.15, 0.2) is 36.4 Å². The van der Waals surface area contributed by atoms with Crippen LogP contribution in [-0.4, -0.2) is 18.5 Å². The Hall–Kier alpha value is -2.68. The van der Waals surface area contributed by atoms with Crippen LogP contribution >= 0.6 is 0 Å². The number of ether oxygens (including phenoxy) is 3. The van der Waals surface area contributed by atoms with Gasteiger partial charge in [-0.3, -0.25) is 0 Å². The first kappa shape index (κ1) is 11.8. The van der Waals surface area contributed by atoms with Crippen molar-refractivity contribution in [1.82, 2.24) is 0 Å². The maximum Gasteiger partial charge on any atom is 0.429 e. The molecule has 2 rings (SSSR count). The van der Waals surface area contributed by atoms with Crippen LogP contribution in [0.4, 0.5) is 0 Å². The molecule has 1 heterocycles. The molecule has 0 atom stereocenters. The Balaban J connectivity index is 1.90. The van der Waals surface area contributed by atoms with E-state index < -0.39 is 5.95 Å². The highest BCUT2D eigenvalue weighted by Gasteiger charge is 2.11. The van der Waals surface area contributed by atoms with Gasteiger partial charge in [0.25, 0.3) is 0 Å². The van der Waals surface area contributed by atoms with Gasteiger partial charge in [-0.25, -0.2) is 0 Å². The molecule has 0 fully saturated rings. The van der Waals surface area contributed by atoms with E-state index in [1.54, 1.807) is 6.08 Å². The number of aliphatic hydroxyl groups is 1. The minimum absolute atomic E-state index is 0.159. The van der Waals surface area contributed by atoms with Crippen molar-refractivity contribution in [2.45, 2.75) is 0 Å². The van der Waals surface area contributed by atoms with E-state index in [1.807, 2.05) is 24.3 Å². The smallest absolute Gasteiger partial charge is 0.429 e. The first-order valence-corrected chi connectivity index (χ1v) is 5.22. The topological polar surface area (TPSA) is 76.1 Å². The molecular formula is C12H11N2O4+. The average molecular weight is 247 g/mol. The molecule has 1 N–H and O–H groups in total. The molecular weight excluding hydrogens is 236 g/mol. The van der Waals surface area contributed by atoms with Crippen LogP contribution in [0.3, 0.4) is 0 Å². The highest BCUT2D eigenvalue weighted by molar-refractivity contribution is 5.56. The maximum absolute atomic E-state index is 8.99. The van der Waals surface area contributed by atoms with Crippen molar-refractivity contribution < 1.29 is 19.3 Å². The van der Waals surface area contributed by atoms with E-state index in [1.165, 1.54) is 0 Å². The standard InChI is InChI=1S/C12H10N2O4/c13-14-7-12(15)16-5-1-2-9-3-4-10-11(6-9)18-8-17-10/h1-4,6-7H,5,8H2/p+1/b2-1+,12-7-. The lowest BCUT2D eigenvalue weighted by atomic mass is 10.2. The molecule has 0 saturated carbocycles. The lowest BCUT2D eigenvalue weighted by Crippen LogP contribution is -1.92. The minimum atomic E-state index is -0.451. The number of rotatable bonds is 4. The SMILES string of the molecule is N#[N+]/C=C(/O)OC/C=C/c1ccc2c(c1)OCO2. The molecule has 92 valence electrons. The van der Waals surface area contributed by atoms with Crippen LogP contribution in [0, 0.1) is 5.39 Å². The van der Waals surface area contributed by atoms with Crippen LogP contribution in [0.2, 0.25) is 0 Å². The van der Waals surface area contributed by atoms with Gasteiger partial charge in [0.1, 0.15) is 6.61 Å². The zero-order valence-electron chi connectivity index (χ0n) is 9.44. The van der Waals surface area contributed by atoms with Gasteiger partial charge in [0.15, 0.2) is 16.5 Å². The van der Waals surface area contributed by atoms with E-state index in [0.717, 1.165) is 17.5 Å². The Bertz CT molecular complexity index is 531. The summed E-state index contributed by atoms with van der Waals surface area (Å²) >= 11 is 0. The van der Waals surface area contributed by atoms with Crippen LogP contribution < -0.4 is 9.47 Å². The van der Waals surface area contributed by atoms with Crippen molar-refractivity contribution in [2.75, 3.05) is 13.4 Å². The second-order valence-corrected chi connectivity index (χ2v) is 3.41. The molecule has 0 aliphatic carbocycles. The van der Waals surface area contributed by atoms with Crippen molar-refractivity contribution in [1.29, 1.82) is 5.39 Å². The molecule has 0 radical (unpaired) electrons. The maximum atomic E-state index is 8.99. The van der Waals surface area contributed by atoms with Crippen LogP contribution in [0.5, 0.6) is 11.5 Å². The Labute approximate surface area is 103 Å². The lowest BCUT2D eigenvalue weighted by molar-refractivity contribution is 0.113. The summed E-state index contributed by atoms with van der Waals surface area (Å²) in [5.41, 5.74) is 0.929. The fourth-order valence-corrected chi connectivity index (χ4v) is 1.42. The monoisotopic (exact) mass is 247 g/mol. The van der Waals surface area contributed by atoms with E-state index in [-0.39, 0.29) is 13.4 Å². The summed E-state index contributed by atoms with van der Waals surface area (Å²) < 4.78 is 15.2. The summed E-state index contributed by atoms with van der Waals surface area (Å²) in [6.07, 6.45) is 4.32. The summed E-state index contributed by atoms with van der Waals surface area (Å²) in [5, 5.41) is 17.1. The van der Waals surface area contributed by atoms with Gasteiger partial charge in [0, 0.05) is 0 Å². The van der Waals surface area contributed by atoms with Crippen molar-refractivity contribution in [2.24, 2.45) is 0 Å². The van der Waals surface area contributed by atoms with Crippen LogP contribution in [0.1, 0.15) is 5.56 Å². The summed E-state index contributed by atoms with van der Waals surface area (Å²) in [4.78, 5) is 2.62. The van der Waals surface area contributed by atoms with E-state index in [0.29, 0.717) is 5.75 Å². The third-order valence-corrected chi connectivity index (χ3v) is 2.20. The minimum Gasteiger partial charge on any atom is -0.476 e. The first-order valence-electron chi connectivity index (χ1n) is 5.22. The molecule has 0 amide bonds. The molecule has 1 aromatic rings. The normalized spacial score (nSPS) is 13.6. The predicted octanol–water partition coefficient (Wildman–Crippen LogP) is 2.66. The second-order valence-electron chi connectivity index (χ2n) is 3.41. The third kappa shape index (κ3) is 2.92. The number of nitrogens with zero attached hydrogens (tertiary/aromatic N) is 2. The number of fused-ring (bicyclic) bond motifs is 1. The number of diazo groups is 1. The Morgan fingerprint density at radius 1 is 1.44 bits per heavy atom. The van der Waals surface area contributed by atoms with E-state index in [9.17, 15) is 0 Å². The Morgan fingerprint density at radius 2 is 2.28 bits per heavy atom. The molecule has 0 saturated heterocycles. The third-order valence-electron chi connectivity index (χ3n) is 2.20. The molecule has 1 aliphatic rings. The highest BCUT2D eigenvalue weighted by Crippen LogP contribution is 2.32. The summed E-state index contributed by atoms with van der Waals surface area (Å²) in [6, 6.07) is 5.55. The number of hydrogen-bond acceptors (Lipinski definition) is 5. The summed E-state index contributed by atoms with van der Waals surface area (Å²) in [5.74, 6) is 0.987. The molecule has 1 aromatic carbocycles. The first-order chi connectivity index (χ1) is 8.79. The molecule has 6 heteroatoms. The predicted molar refractivity (Wildman–Crippen MR) is 63.3 cm³/mol. The van der Waals surface area contributed by atoms with E-state index >= 15 is 0 Å². The van der Waals surface area contributed by atoms with Gasteiger partial charge >= 0.3 is 12.1 Å². The molecule has 0 bridgehead atoms. The fraction of sp³-hybridized carbons (Fsp3) is 0.167. The van der Waals surface area contributed by atoms with Gasteiger partial charge in [-0.15, -0.1) is 0 Å². The van der Waals surface area contributed by atoms with Crippen molar-refractivity contribution >= 4 is 6.08 Å². The molecule has 6 nitrogen and oxygen atoms in total. The molecule has 1 aliphatic heterocycles. The van der Waals surface area contributed by atoms with Crippen LogP contribution in [0.25, 0.3) is 11.1 Å². The lowest BCUT2D eigenvalue weighted by Gasteiger charge is -1.98. The second kappa shape index (κ2) is 5.59. The number of hydrogen-bond donors (Lipinski definition) is 1. The summed E-state index contributed by atoms with van der Waals surface area (Å²) in [7, 11) is 0. The molecule has 0 spiro atoms. The highest BCUT2D eigenvalue weighted by atomic mass is 16.7. The van der Waals surface area contributed by atoms with Crippen molar-refractivity contribution in [3.63, 3.8) is 0 Å². The van der Waals surface area contributed by atoms with Gasteiger partial charge in [-0.2, -0.15) is 0 Å². The van der Waals surface area contributed by atoms with E-state index in [4.69, 9.17) is 24.7 Å². The zero-order chi connectivity index (χ0) is 12.8. The zero-order valence-corrected chi connectivity index (χ0v) is 9.44. The fourth-order valence-electron chi connectivity index (χ4n) is 1.42. The summed E-state index contributed by atoms with van der Waals surface area (Å²) in [6.45, 7) is 0.404. The van der Waals surface area contributed by atoms with Gasteiger partial charge in [-0.05, 0) is 23.8 Å². The quantitative estimate of drug-likeness (QED) is 0.653. The Kier molecular flexibility index (Phi) is 3.66. The van der Waals surface area contributed by atoms with E-state index in [2.05, 4.69) is 4.98 Å². The number of benzene rings is 1. The van der Waals surface area contributed by atoms with Gasteiger partial charge in [-0.1, -0.05) is 12.1 Å².